The van der Waals surface area contributed by atoms with Crippen molar-refractivity contribution in [2.75, 3.05) is 13.2 Å². The van der Waals surface area contributed by atoms with Gasteiger partial charge in [0.2, 0.25) is 0 Å². The number of carbonyl (C=O) groups excluding carboxylic acids is 2. The second-order valence-corrected chi connectivity index (χ2v) is 6.17. The van der Waals surface area contributed by atoms with Gasteiger partial charge >= 0.3 is 12.1 Å². The molecule has 6 heteroatoms. The van der Waals surface area contributed by atoms with Crippen LogP contribution < -0.4 is 4.74 Å². The molecule has 2 rings (SSSR count). The summed E-state index contributed by atoms with van der Waals surface area (Å²) in [5.74, 6) is -0.0114. The Morgan fingerprint density at radius 1 is 0.862 bits per heavy atom. The van der Waals surface area contributed by atoms with Crippen LogP contribution in [0.3, 0.4) is 0 Å². The molecule has 0 aliphatic rings. The topological polar surface area (TPSA) is 66.2 Å². The van der Waals surface area contributed by atoms with Crippen molar-refractivity contribution in [2.45, 2.75) is 25.7 Å². The molecule has 2 aromatic rings. The molecule has 0 saturated carbocycles. The van der Waals surface area contributed by atoms with E-state index in [1.54, 1.807) is 24.3 Å². The monoisotopic (exact) mass is 393 g/mol. The van der Waals surface area contributed by atoms with E-state index in [-0.39, 0.29) is 6.61 Å². The van der Waals surface area contributed by atoms with Crippen molar-refractivity contribution in [3.63, 3.8) is 0 Å². The van der Waals surface area contributed by atoms with E-state index in [4.69, 9.17) is 20.8 Å². The van der Waals surface area contributed by atoms with Crippen molar-refractivity contribution in [3.8, 4) is 16.9 Å². The second kappa shape index (κ2) is 12.0. The molecule has 0 radical (unpaired) electrons. The second-order valence-electron chi connectivity index (χ2n) is 6.17. The molecule has 0 aromatic heterocycles. The van der Waals surface area contributed by atoms with Crippen LogP contribution in [-0.4, -0.2) is 25.3 Å². The van der Waals surface area contributed by atoms with Crippen LogP contribution in [0.15, 0.2) is 61.2 Å². The molecule has 0 spiro atoms. The molecule has 0 saturated heterocycles. The van der Waals surface area contributed by atoms with Crippen LogP contribution in [0.2, 0.25) is 0 Å². The van der Waals surface area contributed by atoms with Crippen LogP contribution in [0.25, 0.3) is 16.0 Å². The van der Waals surface area contributed by atoms with Gasteiger partial charge in [-0.3, -0.25) is 0 Å². The molecule has 0 N–H and O–H groups in total. The van der Waals surface area contributed by atoms with Crippen molar-refractivity contribution in [1.82, 2.24) is 0 Å². The van der Waals surface area contributed by atoms with Gasteiger partial charge in [0.25, 0.3) is 0 Å². The maximum atomic E-state index is 11.7. The van der Waals surface area contributed by atoms with Crippen molar-refractivity contribution in [3.05, 3.63) is 72.6 Å². The Morgan fingerprint density at radius 2 is 1.41 bits per heavy atom. The molecule has 2 aromatic carbocycles. The lowest BCUT2D eigenvalue weighted by molar-refractivity contribution is -0.137. The van der Waals surface area contributed by atoms with Gasteiger partial charge in [-0.25, -0.2) is 14.4 Å². The first-order valence-electron chi connectivity index (χ1n) is 9.34. The lowest BCUT2D eigenvalue weighted by Crippen LogP contribution is -2.11. The van der Waals surface area contributed by atoms with Gasteiger partial charge in [-0.05, 0) is 48.9 Å². The molecule has 150 valence electrons. The van der Waals surface area contributed by atoms with Crippen molar-refractivity contribution < 1.29 is 23.8 Å². The number of esters is 1. The Bertz CT molecular complexity index is 850. The highest BCUT2D eigenvalue weighted by Crippen LogP contribution is 2.24. The van der Waals surface area contributed by atoms with Gasteiger partial charge in [-0.2, -0.15) is 0 Å². The van der Waals surface area contributed by atoms with Crippen molar-refractivity contribution >= 4 is 17.8 Å². The summed E-state index contributed by atoms with van der Waals surface area (Å²) in [4.78, 5) is 26.0. The molecular formula is C23H23NO5. The molecule has 6 nitrogen and oxygen atoms in total. The largest absolute Gasteiger partial charge is 0.513 e. The lowest BCUT2D eigenvalue weighted by Gasteiger charge is -2.07. The molecule has 0 unspecified atom stereocenters. The highest BCUT2D eigenvalue weighted by Gasteiger charge is 2.06. The number of nitrogens with zero attached hydrogens (tertiary/aromatic N) is 1. The third-order valence-electron chi connectivity index (χ3n) is 4.05. The van der Waals surface area contributed by atoms with Crippen molar-refractivity contribution in [2.24, 2.45) is 0 Å². The fraction of sp³-hybridized carbons (Fsp3) is 0.261. The van der Waals surface area contributed by atoms with E-state index in [2.05, 4.69) is 11.4 Å². The number of unbranched alkanes of at least 4 members (excludes halogenated alkanes) is 3. The van der Waals surface area contributed by atoms with E-state index >= 15 is 0 Å². The smallest absolute Gasteiger partial charge is 0.463 e. The van der Waals surface area contributed by atoms with Gasteiger partial charge in [0.05, 0.1) is 19.8 Å². The minimum absolute atomic E-state index is 0.275. The molecule has 0 aliphatic heterocycles. The summed E-state index contributed by atoms with van der Waals surface area (Å²) in [7, 11) is 0. The van der Waals surface area contributed by atoms with E-state index in [0.29, 0.717) is 24.5 Å². The van der Waals surface area contributed by atoms with Crippen LogP contribution in [-0.2, 0) is 14.3 Å². The van der Waals surface area contributed by atoms with E-state index in [9.17, 15) is 9.59 Å². The Hall–Kier alpha value is -3.59. The molecule has 29 heavy (non-hydrogen) atoms. The van der Waals surface area contributed by atoms with Gasteiger partial charge in [-0.15, -0.1) is 0 Å². The minimum Gasteiger partial charge on any atom is -0.463 e. The average molecular weight is 393 g/mol. The van der Waals surface area contributed by atoms with Crippen LogP contribution in [0, 0.1) is 6.57 Å². The van der Waals surface area contributed by atoms with Crippen LogP contribution in [0.4, 0.5) is 10.5 Å². The molecule has 0 fully saturated rings. The van der Waals surface area contributed by atoms with Gasteiger partial charge in [0.1, 0.15) is 5.75 Å². The minimum atomic E-state index is -0.737. The maximum absolute atomic E-state index is 11.7. The number of hydrogen-bond donors (Lipinski definition) is 0. The molecule has 0 bridgehead atoms. The maximum Gasteiger partial charge on any atom is 0.513 e. The summed E-state index contributed by atoms with van der Waals surface area (Å²) in [5.41, 5.74) is 2.53. The zero-order valence-electron chi connectivity index (χ0n) is 16.1. The molecule has 0 aliphatic carbocycles. The fourth-order valence-corrected chi connectivity index (χ4v) is 2.51. The van der Waals surface area contributed by atoms with E-state index in [1.165, 1.54) is 0 Å². The molecule has 0 atom stereocenters. The summed E-state index contributed by atoms with van der Waals surface area (Å²) in [6.07, 6.45) is 3.61. The standard InChI is InChI=1S/C23H23NO5/c1-3-22(25)27-16-6-4-5-7-17-28-23(26)29-21-14-10-19(11-15-21)18-8-12-20(24-2)13-9-18/h3,8-15H,1,4-7,16-17H2. The number of carbonyl (C=O) groups is 2. The summed E-state index contributed by atoms with van der Waals surface area (Å²) in [5, 5.41) is 0. The third-order valence-corrected chi connectivity index (χ3v) is 4.05. The molecule has 0 amide bonds. The first-order chi connectivity index (χ1) is 14.1. The van der Waals surface area contributed by atoms with Gasteiger partial charge < -0.3 is 14.2 Å². The normalized spacial score (nSPS) is 9.90. The highest BCUT2D eigenvalue weighted by atomic mass is 16.7. The Balaban J connectivity index is 1.64. The van der Waals surface area contributed by atoms with Gasteiger partial charge in [-0.1, -0.05) is 43.0 Å². The fourth-order valence-electron chi connectivity index (χ4n) is 2.51. The SMILES string of the molecule is [C-]#[N+]c1ccc(-c2ccc(OC(=O)OCCCCCCOC(=O)C=C)cc2)cc1. The first kappa shape index (κ1) is 21.7. The van der Waals surface area contributed by atoms with Gasteiger partial charge in [0, 0.05) is 6.08 Å². The average Bonchev–Trinajstić information content (AvgIpc) is 2.76. The third kappa shape index (κ3) is 7.89. The zero-order chi connectivity index (χ0) is 20.9. The Morgan fingerprint density at radius 3 is 1.97 bits per heavy atom. The van der Waals surface area contributed by atoms with Crippen molar-refractivity contribution in [1.29, 1.82) is 0 Å². The van der Waals surface area contributed by atoms with E-state index in [1.807, 2.05) is 24.3 Å². The number of benzene rings is 2. The van der Waals surface area contributed by atoms with E-state index < -0.39 is 12.1 Å². The number of rotatable bonds is 10. The van der Waals surface area contributed by atoms with Crippen LogP contribution in [0.5, 0.6) is 5.75 Å². The zero-order valence-corrected chi connectivity index (χ0v) is 16.1. The molecular weight excluding hydrogens is 370 g/mol. The summed E-state index contributed by atoms with van der Waals surface area (Å²) < 4.78 is 15.1. The lowest BCUT2D eigenvalue weighted by atomic mass is 10.1. The van der Waals surface area contributed by atoms with E-state index in [0.717, 1.165) is 36.5 Å². The predicted molar refractivity (Wildman–Crippen MR) is 110 cm³/mol. The predicted octanol–water partition coefficient (Wildman–Crippen LogP) is 5.71. The summed E-state index contributed by atoms with van der Waals surface area (Å²) >= 11 is 0. The quantitative estimate of drug-likeness (QED) is 0.170. The Kier molecular flexibility index (Phi) is 8.97. The van der Waals surface area contributed by atoms with Crippen LogP contribution >= 0.6 is 0 Å². The van der Waals surface area contributed by atoms with Gasteiger partial charge in [0.15, 0.2) is 5.69 Å². The Labute approximate surface area is 170 Å². The first-order valence-corrected chi connectivity index (χ1v) is 9.34. The molecule has 0 heterocycles. The van der Waals surface area contributed by atoms with Crippen LogP contribution in [0.1, 0.15) is 25.7 Å². The number of ether oxygens (including phenoxy) is 3. The summed E-state index contributed by atoms with van der Waals surface area (Å²) in [6.45, 7) is 10.9. The highest BCUT2D eigenvalue weighted by molar-refractivity contribution is 5.81. The summed E-state index contributed by atoms with van der Waals surface area (Å²) in [6, 6.07) is 14.4. The number of hydrogen-bond acceptors (Lipinski definition) is 5.